The summed E-state index contributed by atoms with van der Waals surface area (Å²) < 4.78 is 18.8. The lowest BCUT2D eigenvalue weighted by atomic mass is 9.92. The van der Waals surface area contributed by atoms with Crippen LogP contribution >= 0.6 is 22.7 Å². The monoisotopic (exact) mass is 1510 g/mol. The van der Waals surface area contributed by atoms with Gasteiger partial charge in [-0.2, -0.15) is 0 Å². The van der Waals surface area contributed by atoms with Crippen molar-refractivity contribution in [1.29, 1.82) is 0 Å². The lowest BCUT2D eigenvalue weighted by Gasteiger charge is -2.28. The van der Waals surface area contributed by atoms with Gasteiger partial charge in [0.25, 0.3) is 0 Å². The maximum absolute atomic E-state index is 6.87. The quantitative estimate of drug-likeness (QED) is 0.129. The predicted octanol–water partition coefficient (Wildman–Crippen LogP) is 32.9. The number of fused-ring (bicyclic) bond motifs is 21. The summed E-state index contributed by atoms with van der Waals surface area (Å²) in [6.45, 7) is 0. The van der Waals surface area contributed by atoms with E-state index in [0.29, 0.717) is 0 Å². The first-order chi connectivity index (χ1) is 57.5. The van der Waals surface area contributed by atoms with Crippen LogP contribution in [-0.2, 0) is 0 Å². The van der Waals surface area contributed by atoms with E-state index in [0.717, 1.165) is 83.4 Å². The molecular weight excluding hydrogens is 1450 g/mol. The molecule has 0 atom stereocenters. The molecule has 0 bridgehead atoms. The number of benzene rings is 20. The van der Waals surface area contributed by atoms with Crippen molar-refractivity contribution >= 4 is 195 Å². The van der Waals surface area contributed by atoms with Gasteiger partial charge in [-0.1, -0.05) is 303 Å². The second-order valence-electron chi connectivity index (χ2n) is 30.1. The summed E-state index contributed by atoms with van der Waals surface area (Å²) >= 11 is 3.76. The van der Waals surface area contributed by atoms with Gasteiger partial charge >= 0.3 is 0 Å². The lowest BCUT2D eigenvalue weighted by molar-refractivity contribution is 0.669. The predicted molar refractivity (Wildman–Crippen MR) is 497 cm³/mol. The standard InChI is InChI=1S/C60H37NOS.C50H31NOS/c1-3-12-38(13-4-1)44-34-52(40-14-5-2-6-15-40)49-20-11-21-54(53(49)35-44)61(46-29-31-50-56(37-46)62-55-32-25-41-16-7-9-18-47(41)59(50)55)45-27-22-39(23-28-45)43-24-30-51-58(36-43)63-57-33-26-42-17-8-10-19-48(42)60(51)57;1-2-10-32(11-3-1)33-20-26-37(27-21-33)51(45-19-9-17-42-43-30-24-35-13-5-7-15-40(35)48(43)52-49(42)45)38-28-22-36(23-29-38)41-16-8-18-44-47-39-14-6-4-12-34(39)25-31-46(47)53-50(41)44/h1-37H;1-31H. The summed E-state index contributed by atoms with van der Waals surface area (Å²) in [6, 6.07) is 149. The Kier molecular flexibility index (Phi) is 16.0. The van der Waals surface area contributed by atoms with E-state index in [1.165, 1.54) is 144 Å². The summed E-state index contributed by atoms with van der Waals surface area (Å²) in [5.74, 6) is 0. The van der Waals surface area contributed by atoms with E-state index in [-0.39, 0.29) is 0 Å². The molecule has 0 saturated heterocycles. The van der Waals surface area contributed by atoms with Crippen LogP contribution in [-0.4, -0.2) is 0 Å². The minimum atomic E-state index is 0.861. The molecule has 542 valence electrons. The Morgan fingerprint density at radius 1 is 0.190 bits per heavy atom. The summed E-state index contributed by atoms with van der Waals surface area (Å²) in [4.78, 5) is 4.73. The zero-order valence-electron chi connectivity index (χ0n) is 62.8. The Bertz CT molecular complexity index is 8000. The molecule has 0 spiro atoms. The van der Waals surface area contributed by atoms with Gasteiger partial charge in [-0.3, -0.25) is 0 Å². The van der Waals surface area contributed by atoms with Crippen molar-refractivity contribution in [3.8, 4) is 55.6 Å². The smallest absolute Gasteiger partial charge is 0.159 e. The first-order valence-corrected chi connectivity index (χ1v) is 41.1. The molecule has 0 unspecified atom stereocenters. The molecule has 4 aromatic heterocycles. The largest absolute Gasteiger partial charge is 0.456 e. The van der Waals surface area contributed by atoms with E-state index >= 15 is 0 Å². The summed E-state index contributed by atoms with van der Waals surface area (Å²) in [7, 11) is 0. The molecule has 0 saturated carbocycles. The van der Waals surface area contributed by atoms with Gasteiger partial charge in [0.1, 0.15) is 16.7 Å². The van der Waals surface area contributed by atoms with Gasteiger partial charge < -0.3 is 18.6 Å². The topological polar surface area (TPSA) is 32.8 Å². The molecule has 0 radical (unpaired) electrons. The molecule has 0 aliphatic carbocycles. The molecule has 0 aliphatic rings. The third kappa shape index (κ3) is 11.3. The Morgan fingerprint density at radius 3 is 1.29 bits per heavy atom. The molecule has 24 aromatic rings. The first kappa shape index (κ1) is 67.1. The highest BCUT2D eigenvalue weighted by Gasteiger charge is 2.25. The van der Waals surface area contributed by atoms with Gasteiger partial charge in [0.2, 0.25) is 0 Å². The van der Waals surface area contributed by atoms with E-state index in [9.17, 15) is 0 Å². The summed E-state index contributed by atoms with van der Waals surface area (Å²) in [6.07, 6.45) is 0. The number of hydrogen-bond donors (Lipinski definition) is 0. The molecule has 4 nitrogen and oxygen atoms in total. The summed E-state index contributed by atoms with van der Waals surface area (Å²) in [5.41, 5.74) is 21.8. The third-order valence-electron chi connectivity index (χ3n) is 23.5. The Morgan fingerprint density at radius 2 is 0.629 bits per heavy atom. The second-order valence-corrected chi connectivity index (χ2v) is 32.2. The normalized spacial score (nSPS) is 11.8. The molecule has 0 amide bonds. The second kappa shape index (κ2) is 27.6. The fourth-order valence-corrected chi connectivity index (χ4v) is 20.4. The van der Waals surface area contributed by atoms with Crippen LogP contribution in [0.2, 0.25) is 0 Å². The van der Waals surface area contributed by atoms with Crippen LogP contribution in [0.15, 0.2) is 421 Å². The number of anilines is 6. The number of para-hydroxylation sites is 1. The maximum atomic E-state index is 6.87. The number of nitrogens with zero attached hydrogens (tertiary/aromatic N) is 2. The van der Waals surface area contributed by atoms with Gasteiger partial charge in [-0.15, -0.1) is 22.7 Å². The minimum Gasteiger partial charge on any atom is -0.456 e. The molecule has 4 heterocycles. The Hall–Kier alpha value is -14.7. The van der Waals surface area contributed by atoms with Gasteiger partial charge in [0.15, 0.2) is 5.58 Å². The first-order valence-electron chi connectivity index (χ1n) is 39.5. The number of thiophene rings is 2. The van der Waals surface area contributed by atoms with E-state index in [4.69, 9.17) is 8.83 Å². The molecule has 6 heteroatoms. The molecule has 116 heavy (non-hydrogen) atoms. The number of furan rings is 2. The fourth-order valence-electron chi connectivity index (χ4n) is 18.0. The molecule has 0 aliphatic heterocycles. The molecule has 0 N–H and O–H groups in total. The molecular formula is C110H68N2O2S2. The zero-order valence-corrected chi connectivity index (χ0v) is 64.4. The van der Waals surface area contributed by atoms with E-state index in [1.807, 2.05) is 22.7 Å². The highest BCUT2D eigenvalue weighted by Crippen LogP contribution is 2.50. The van der Waals surface area contributed by atoms with Crippen molar-refractivity contribution in [1.82, 2.24) is 0 Å². The molecule has 24 rings (SSSR count). The van der Waals surface area contributed by atoms with Crippen LogP contribution in [0.5, 0.6) is 0 Å². The molecule has 20 aromatic carbocycles. The highest BCUT2D eigenvalue weighted by atomic mass is 32.1. The minimum absolute atomic E-state index is 0.861. The van der Waals surface area contributed by atoms with Crippen LogP contribution in [0.25, 0.3) is 194 Å². The summed E-state index contributed by atoms with van der Waals surface area (Å²) in [5, 5.41) is 22.1. The van der Waals surface area contributed by atoms with Crippen molar-refractivity contribution in [2.24, 2.45) is 0 Å². The van der Waals surface area contributed by atoms with Crippen LogP contribution in [0.4, 0.5) is 34.1 Å². The van der Waals surface area contributed by atoms with Crippen molar-refractivity contribution in [2.75, 3.05) is 9.80 Å². The third-order valence-corrected chi connectivity index (χ3v) is 25.8. The van der Waals surface area contributed by atoms with Crippen LogP contribution < -0.4 is 9.80 Å². The Labute approximate surface area is 676 Å². The van der Waals surface area contributed by atoms with Crippen molar-refractivity contribution < 1.29 is 8.83 Å². The van der Waals surface area contributed by atoms with Crippen LogP contribution in [0.3, 0.4) is 0 Å². The highest BCUT2D eigenvalue weighted by molar-refractivity contribution is 7.26. The van der Waals surface area contributed by atoms with E-state index < -0.39 is 0 Å². The van der Waals surface area contributed by atoms with Gasteiger partial charge in [-0.25, -0.2) is 0 Å². The van der Waals surface area contributed by atoms with E-state index in [2.05, 4.69) is 422 Å². The van der Waals surface area contributed by atoms with Gasteiger partial charge in [0.05, 0.1) is 11.4 Å². The van der Waals surface area contributed by atoms with Crippen molar-refractivity contribution in [3.05, 3.63) is 413 Å². The zero-order chi connectivity index (χ0) is 76.3. The number of rotatable bonds is 11. The van der Waals surface area contributed by atoms with Gasteiger partial charge in [0, 0.05) is 101 Å². The number of hydrogen-bond acceptors (Lipinski definition) is 6. The van der Waals surface area contributed by atoms with E-state index in [1.54, 1.807) is 0 Å². The lowest BCUT2D eigenvalue weighted by Crippen LogP contribution is -2.10. The van der Waals surface area contributed by atoms with Crippen molar-refractivity contribution in [2.45, 2.75) is 0 Å². The van der Waals surface area contributed by atoms with Crippen molar-refractivity contribution in [3.63, 3.8) is 0 Å². The van der Waals surface area contributed by atoms with Gasteiger partial charge in [-0.05, 0) is 202 Å². The van der Waals surface area contributed by atoms with Crippen LogP contribution in [0.1, 0.15) is 0 Å². The average molecular weight is 1510 g/mol. The average Bonchev–Trinajstić information content (AvgIpc) is 1.40. The molecule has 0 fully saturated rings. The maximum Gasteiger partial charge on any atom is 0.159 e. The fraction of sp³-hybridized carbons (Fsp3) is 0. The Balaban J connectivity index is 0.000000139. The SMILES string of the molecule is c1ccc(-c2cc(-c3ccccc3)c3cccc(N(c4ccc(-c5ccc6c(c5)sc5ccc7ccccc7c56)cc4)c4ccc5c(c4)oc4ccc6ccccc6c45)c3c2)cc1.c1ccc(-c2ccc(N(c3ccc(-c4cccc5c4sc4ccc6ccccc6c45)cc3)c3cccc4c3oc3c5ccccc5ccc43)cc2)cc1. The van der Waals surface area contributed by atoms with Crippen LogP contribution in [0, 0.1) is 0 Å².